The number of fused-ring (bicyclic) bond motifs is 1. The number of hydrogen-bond donors (Lipinski definition) is 1. The quantitative estimate of drug-likeness (QED) is 0.751. The number of amides is 1. The largest absolute Gasteiger partial charge is 0.450 e. The van der Waals surface area contributed by atoms with Gasteiger partial charge in [-0.2, -0.15) is 15.8 Å². The maximum Gasteiger partial charge on any atom is 0.410 e. The number of hydrogen-bond acceptors (Lipinski definition) is 6. The van der Waals surface area contributed by atoms with E-state index in [1.807, 2.05) is 18.2 Å². The lowest BCUT2D eigenvalue weighted by Crippen LogP contribution is -2.53. The van der Waals surface area contributed by atoms with Crippen molar-refractivity contribution < 1.29 is 18.3 Å². The van der Waals surface area contributed by atoms with Crippen molar-refractivity contribution in [3.05, 3.63) is 47.0 Å². The number of ether oxygens (including phenoxy) is 1. The Labute approximate surface area is 171 Å². The third-order valence-electron chi connectivity index (χ3n) is 5.61. The summed E-state index contributed by atoms with van der Waals surface area (Å²) in [6, 6.07) is 8.38. The molecule has 1 aliphatic heterocycles. The number of halogens is 2. The molecule has 1 fully saturated rings. The highest BCUT2D eigenvalue weighted by Gasteiger charge is 2.58. The Kier molecular flexibility index (Phi) is 5.54. The molecule has 0 aromatic heterocycles. The van der Waals surface area contributed by atoms with Crippen LogP contribution in [0.4, 0.5) is 13.6 Å². The van der Waals surface area contributed by atoms with E-state index in [1.54, 1.807) is 13.0 Å². The minimum Gasteiger partial charge on any atom is -0.450 e. The van der Waals surface area contributed by atoms with Crippen molar-refractivity contribution in [1.82, 2.24) is 4.90 Å². The van der Waals surface area contributed by atoms with Gasteiger partial charge in [-0.25, -0.2) is 13.6 Å². The summed E-state index contributed by atoms with van der Waals surface area (Å²) in [5.74, 6) is -4.97. The molecule has 1 aromatic rings. The lowest BCUT2D eigenvalue weighted by atomic mass is 9.54. The second kappa shape index (κ2) is 7.93. The highest BCUT2D eigenvalue weighted by atomic mass is 19.1. The van der Waals surface area contributed by atoms with E-state index < -0.39 is 46.6 Å². The molecule has 1 unspecified atom stereocenters. The zero-order chi connectivity index (χ0) is 22.1. The third-order valence-corrected chi connectivity index (χ3v) is 5.61. The molecule has 1 aliphatic carbocycles. The van der Waals surface area contributed by atoms with E-state index in [-0.39, 0.29) is 25.3 Å². The number of nitriles is 3. The van der Waals surface area contributed by atoms with Gasteiger partial charge in [0.05, 0.1) is 30.5 Å². The molecule has 7 nitrogen and oxygen atoms in total. The van der Waals surface area contributed by atoms with Crippen LogP contribution in [0.5, 0.6) is 0 Å². The van der Waals surface area contributed by atoms with Crippen molar-refractivity contribution in [3.8, 4) is 18.2 Å². The summed E-state index contributed by atoms with van der Waals surface area (Å²) >= 11 is 0. The van der Waals surface area contributed by atoms with Crippen LogP contribution in [0.15, 0.2) is 29.8 Å². The number of rotatable bonds is 2. The molecule has 1 saturated carbocycles. The molecule has 1 amide bonds. The first-order valence-corrected chi connectivity index (χ1v) is 9.22. The van der Waals surface area contributed by atoms with Crippen LogP contribution >= 0.6 is 0 Å². The summed E-state index contributed by atoms with van der Waals surface area (Å²) in [5, 5.41) is 37.9. The van der Waals surface area contributed by atoms with Gasteiger partial charge in [0, 0.05) is 31.0 Å². The Balaban J connectivity index is 2.23. The summed E-state index contributed by atoms with van der Waals surface area (Å²) in [6.07, 6.45) is 0.959. The van der Waals surface area contributed by atoms with Gasteiger partial charge < -0.3 is 15.0 Å². The fourth-order valence-electron chi connectivity index (χ4n) is 4.27. The first-order valence-electron chi connectivity index (χ1n) is 9.22. The Morgan fingerprint density at radius 1 is 1.33 bits per heavy atom. The summed E-state index contributed by atoms with van der Waals surface area (Å²) < 4.78 is 33.3. The topological polar surface area (TPSA) is 125 Å². The molecule has 3 atom stereocenters. The van der Waals surface area contributed by atoms with Crippen LogP contribution < -0.4 is 0 Å². The standard InChI is InChI=1S/C21H17F2N5O2/c1-2-30-20(29)28-6-5-13-15(8-24)19(27)21(10-25,11-26)18(16(13)9-28)14-4-3-12(22)7-17(14)23/h3-5,7,15-16,18,27H,2,6,9H2,1H3/t15?,16-,18+/m0/s1. The Morgan fingerprint density at radius 3 is 2.60 bits per heavy atom. The molecule has 0 radical (unpaired) electrons. The van der Waals surface area contributed by atoms with E-state index in [0.29, 0.717) is 11.6 Å². The lowest BCUT2D eigenvalue weighted by molar-refractivity contribution is 0.0990. The molecule has 1 N–H and O–H groups in total. The van der Waals surface area contributed by atoms with Crippen LogP contribution in [-0.2, 0) is 4.74 Å². The van der Waals surface area contributed by atoms with Crippen molar-refractivity contribution in [3.63, 3.8) is 0 Å². The van der Waals surface area contributed by atoms with Gasteiger partial charge in [0.2, 0.25) is 0 Å². The van der Waals surface area contributed by atoms with Crippen LogP contribution in [0.25, 0.3) is 0 Å². The first-order chi connectivity index (χ1) is 14.3. The smallest absolute Gasteiger partial charge is 0.410 e. The molecule has 30 heavy (non-hydrogen) atoms. The van der Waals surface area contributed by atoms with E-state index in [0.717, 1.165) is 12.1 Å². The van der Waals surface area contributed by atoms with Crippen LogP contribution in [-0.4, -0.2) is 36.4 Å². The van der Waals surface area contributed by atoms with Crippen LogP contribution in [0.3, 0.4) is 0 Å². The first kappa shape index (κ1) is 21.0. The predicted molar refractivity (Wildman–Crippen MR) is 99.8 cm³/mol. The van der Waals surface area contributed by atoms with Crippen molar-refractivity contribution in [2.75, 3.05) is 19.7 Å². The number of benzene rings is 1. The molecule has 1 aromatic carbocycles. The van der Waals surface area contributed by atoms with Crippen LogP contribution in [0, 0.1) is 68.3 Å². The SMILES string of the molecule is CCOC(=O)N1CC=C2C(C#N)C(=N)C(C#N)(C#N)[C@H](c3ccc(F)cc3F)[C@H]2C1. The normalized spacial score (nSPS) is 24.5. The van der Waals surface area contributed by atoms with E-state index in [2.05, 4.69) is 0 Å². The molecule has 9 heteroatoms. The van der Waals surface area contributed by atoms with Gasteiger partial charge >= 0.3 is 6.09 Å². The Hall–Kier alpha value is -3.77. The van der Waals surface area contributed by atoms with Gasteiger partial charge in [0.1, 0.15) is 17.6 Å². The number of nitrogens with zero attached hydrogens (tertiary/aromatic N) is 4. The summed E-state index contributed by atoms with van der Waals surface area (Å²) in [5.41, 5.74) is -2.28. The molecular formula is C21H17F2N5O2. The van der Waals surface area contributed by atoms with E-state index >= 15 is 0 Å². The summed E-state index contributed by atoms with van der Waals surface area (Å²) in [6.45, 7) is 1.85. The fourth-order valence-corrected chi connectivity index (χ4v) is 4.27. The number of carbonyl (C=O) groups excluding carboxylic acids is 1. The molecule has 0 spiro atoms. The maximum absolute atomic E-state index is 14.8. The third kappa shape index (κ3) is 3.07. The average molecular weight is 409 g/mol. The molecule has 1 heterocycles. The lowest BCUT2D eigenvalue weighted by Gasteiger charge is -2.47. The van der Waals surface area contributed by atoms with Crippen molar-refractivity contribution in [1.29, 1.82) is 21.2 Å². The van der Waals surface area contributed by atoms with Gasteiger partial charge in [-0.15, -0.1) is 0 Å². The minimum atomic E-state index is -2.15. The van der Waals surface area contributed by atoms with Gasteiger partial charge in [0.25, 0.3) is 0 Å². The predicted octanol–water partition coefficient (Wildman–Crippen LogP) is 3.27. The zero-order valence-corrected chi connectivity index (χ0v) is 16.0. The Bertz CT molecular complexity index is 1050. The maximum atomic E-state index is 14.8. The highest BCUT2D eigenvalue weighted by Crippen LogP contribution is 2.53. The minimum absolute atomic E-state index is 0.0390. The summed E-state index contributed by atoms with van der Waals surface area (Å²) in [7, 11) is 0. The highest BCUT2D eigenvalue weighted by molar-refractivity contribution is 6.01. The Morgan fingerprint density at radius 2 is 2.03 bits per heavy atom. The molecule has 2 aliphatic rings. The number of nitrogens with one attached hydrogen (secondary N) is 1. The van der Waals surface area contributed by atoms with Gasteiger partial charge in [-0.3, -0.25) is 0 Å². The zero-order valence-electron chi connectivity index (χ0n) is 16.0. The van der Waals surface area contributed by atoms with E-state index in [9.17, 15) is 29.4 Å². The van der Waals surface area contributed by atoms with E-state index in [4.69, 9.17) is 10.1 Å². The van der Waals surface area contributed by atoms with Gasteiger partial charge in [-0.1, -0.05) is 12.1 Å². The number of carbonyl (C=O) groups is 1. The molecule has 0 bridgehead atoms. The molecule has 152 valence electrons. The molecular weight excluding hydrogens is 392 g/mol. The molecule has 0 saturated heterocycles. The van der Waals surface area contributed by atoms with Crippen molar-refractivity contribution >= 4 is 11.8 Å². The average Bonchev–Trinajstić information content (AvgIpc) is 2.73. The molecule has 3 rings (SSSR count). The van der Waals surface area contributed by atoms with Gasteiger partial charge in [-0.05, 0) is 24.1 Å². The summed E-state index contributed by atoms with van der Waals surface area (Å²) in [4.78, 5) is 13.6. The monoisotopic (exact) mass is 409 g/mol. The van der Waals surface area contributed by atoms with Crippen molar-refractivity contribution in [2.45, 2.75) is 12.8 Å². The van der Waals surface area contributed by atoms with Crippen LogP contribution in [0.1, 0.15) is 18.4 Å². The second-order valence-electron chi connectivity index (χ2n) is 7.07. The van der Waals surface area contributed by atoms with E-state index in [1.165, 1.54) is 4.90 Å². The van der Waals surface area contributed by atoms with Gasteiger partial charge in [0.15, 0.2) is 5.41 Å². The second-order valence-corrected chi connectivity index (χ2v) is 7.07. The fraction of sp³-hybridized carbons (Fsp3) is 0.381. The van der Waals surface area contributed by atoms with Crippen molar-refractivity contribution in [2.24, 2.45) is 17.3 Å². The van der Waals surface area contributed by atoms with Crippen LogP contribution in [0.2, 0.25) is 0 Å².